The lowest BCUT2D eigenvalue weighted by Crippen LogP contribution is -2.52. The molecule has 1 aliphatic heterocycles. The van der Waals surface area contributed by atoms with Crippen molar-refractivity contribution in [3.8, 4) is 0 Å². The third kappa shape index (κ3) is 9.16. The number of rotatable bonds is 12. The number of nitrogens with one attached hydrogen (secondary N) is 1. The Morgan fingerprint density at radius 2 is 1.91 bits per heavy atom. The Hall–Kier alpha value is -2.77. The van der Waals surface area contributed by atoms with Crippen LogP contribution < -0.4 is 5.32 Å². The first-order valence-electron chi connectivity index (χ1n) is 11.1. The first-order valence-corrected chi connectivity index (χ1v) is 11.1. The molecule has 1 atom stereocenters. The largest absolute Gasteiger partial charge is 0.406 e. The van der Waals surface area contributed by atoms with Crippen LogP contribution in [0.1, 0.15) is 44.6 Å². The summed E-state index contributed by atoms with van der Waals surface area (Å²) in [6.07, 6.45) is 4.89. The van der Waals surface area contributed by atoms with E-state index in [2.05, 4.69) is 5.32 Å². The molecule has 2 rings (SSSR count). The molecule has 1 N–H and O–H groups in total. The highest BCUT2D eigenvalue weighted by atomic mass is 19.4. The van der Waals surface area contributed by atoms with E-state index < -0.39 is 30.6 Å². The molecule has 1 unspecified atom stereocenters. The quantitative estimate of drug-likeness (QED) is 0.512. The van der Waals surface area contributed by atoms with Crippen LogP contribution in [0.15, 0.2) is 54.8 Å². The van der Waals surface area contributed by atoms with Gasteiger partial charge in [0, 0.05) is 26.1 Å². The third-order valence-electron chi connectivity index (χ3n) is 5.21. The maximum absolute atomic E-state index is 13.3. The van der Waals surface area contributed by atoms with Crippen LogP contribution in [0.25, 0.3) is 0 Å². The van der Waals surface area contributed by atoms with Crippen molar-refractivity contribution in [3.05, 3.63) is 60.3 Å². The Morgan fingerprint density at radius 1 is 1.16 bits per heavy atom. The summed E-state index contributed by atoms with van der Waals surface area (Å²) in [5, 5.41) is 2.71. The number of hydrogen-bond acceptors (Lipinski definition) is 3. The normalized spacial score (nSPS) is 14.3. The average Bonchev–Trinajstić information content (AvgIpc) is 2.77. The monoisotopic (exact) mass is 451 g/mol. The van der Waals surface area contributed by atoms with Crippen molar-refractivity contribution >= 4 is 11.8 Å². The van der Waals surface area contributed by atoms with Crippen molar-refractivity contribution in [1.82, 2.24) is 15.1 Å². The van der Waals surface area contributed by atoms with Gasteiger partial charge >= 0.3 is 6.18 Å². The van der Waals surface area contributed by atoms with Crippen molar-refractivity contribution in [2.24, 2.45) is 0 Å². The number of nitrogens with zero attached hydrogens (tertiary/aromatic N) is 2. The smallest absolute Gasteiger partial charge is 0.374 e. The van der Waals surface area contributed by atoms with Gasteiger partial charge in [-0.1, -0.05) is 62.2 Å². The van der Waals surface area contributed by atoms with Gasteiger partial charge in [-0.15, -0.1) is 0 Å². The molecular formula is C24H32F3N3O2. The standard InChI is InChI=1S/C24H32F3N3O2/c1-2-3-13-21(23(32)28-18-20-11-6-4-7-12-20)30(19-24(25,26)27)22(31)14-10-17-29-15-8-5-9-16-29/h4-9,11-12,15,21H,2-3,10,13-14,16-19H2,1H3,(H,28,32). The molecular weight excluding hydrogens is 419 g/mol. The van der Waals surface area contributed by atoms with Crippen molar-refractivity contribution in [3.63, 3.8) is 0 Å². The number of halogens is 3. The second-order valence-corrected chi connectivity index (χ2v) is 7.87. The van der Waals surface area contributed by atoms with E-state index >= 15 is 0 Å². The molecule has 0 aliphatic carbocycles. The number of alkyl halides is 3. The predicted molar refractivity (Wildman–Crippen MR) is 118 cm³/mol. The number of unbranched alkanes of at least 4 members (excludes halogenated alkanes) is 1. The second kappa shape index (κ2) is 12.9. The summed E-state index contributed by atoms with van der Waals surface area (Å²) in [6.45, 7) is 1.94. The van der Waals surface area contributed by atoms with Gasteiger partial charge in [0.25, 0.3) is 0 Å². The fraction of sp³-hybridized carbons (Fsp3) is 0.500. The molecule has 5 nitrogen and oxygen atoms in total. The zero-order valence-electron chi connectivity index (χ0n) is 18.5. The van der Waals surface area contributed by atoms with E-state index in [1.807, 2.05) is 66.6 Å². The number of carbonyl (C=O) groups excluding carboxylic acids is 2. The summed E-state index contributed by atoms with van der Waals surface area (Å²) in [5.74, 6) is -1.20. The van der Waals surface area contributed by atoms with E-state index in [9.17, 15) is 22.8 Å². The van der Waals surface area contributed by atoms with Crippen LogP contribution in [0.3, 0.4) is 0 Å². The van der Waals surface area contributed by atoms with Crippen molar-refractivity contribution in [1.29, 1.82) is 0 Å². The van der Waals surface area contributed by atoms with Gasteiger partial charge in [-0.3, -0.25) is 9.59 Å². The minimum absolute atomic E-state index is 0.0429. The molecule has 1 heterocycles. The zero-order chi connectivity index (χ0) is 23.4. The van der Waals surface area contributed by atoms with Crippen LogP contribution in [-0.2, 0) is 16.1 Å². The number of hydrogen-bond donors (Lipinski definition) is 1. The number of benzene rings is 1. The molecule has 0 radical (unpaired) electrons. The molecule has 0 fully saturated rings. The summed E-state index contributed by atoms with van der Waals surface area (Å²) in [6, 6.07) is 7.99. The lowest BCUT2D eigenvalue weighted by molar-refractivity contribution is -0.168. The van der Waals surface area contributed by atoms with Crippen LogP contribution in [0.2, 0.25) is 0 Å². The number of amides is 2. The molecule has 0 aromatic heterocycles. The molecule has 1 aliphatic rings. The average molecular weight is 452 g/mol. The van der Waals surface area contributed by atoms with Crippen molar-refractivity contribution in [2.75, 3.05) is 19.6 Å². The Kier molecular flexibility index (Phi) is 10.3. The fourth-order valence-electron chi connectivity index (χ4n) is 3.54. The summed E-state index contributed by atoms with van der Waals surface area (Å²) < 4.78 is 40.0. The Labute approximate surface area is 188 Å². The fourth-order valence-corrected chi connectivity index (χ4v) is 3.54. The molecule has 2 amide bonds. The Morgan fingerprint density at radius 3 is 2.53 bits per heavy atom. The third-order valence-corrected chi connectivity index (χ3v) is 5.21. The molecule has 1 aromatic rings. The molecule has 0 saturated heterocycles. The molecule has 176 valence electrons. The van der Waals surface area contributed by atoms with E-state index in [0.29, 0.717) is 32.4 Å². The van der Waals surface area contributed by atoms with Crippen LogP contribution in [-0.4, -0.2) is 53.5 Å². The second-order valence-electron chi connectivity index (χ2n) is 7.87. The maximum Gasteiger partial charge on any atom is 0.406 e. The first-order chi connectivity index (χ1) is 15.3. The van der Waals surface area contributed by atoms with Gasteiger partial charge in [-0.05, 0) is 30.7 Å². The molecule has 0 saturated carbocycles. The minimum atomic E-state index is -4.58. The molecule has 32 heavy (non-hydrogen) atoms. The van der Waals surface area contributed by atoms with Crippen LogP contribution in [0, 0.1) is 0 Å². The summed E-state index contributed by atoms with van der Waals surface area (Å²) in [5.41, 5.74) is 0.840. The summed E-state index contributed by atoms with van der Waals surface area (Å²) >= 11 is 0. The molecule has 0 bridgehead atoms. The van der Waals surface area contributed by atoms with Crippen molar-refractivity contribution < 1.29 is 22.8 Å². The van der Waals surface area contributed by atoms with Gasteiger partial charge in [0.1, 0.15) is 12.6 Å². The van der Waals surface area contributed by atoms with Gasteiger partial charge in [0.2, 0.25) is 11.8 Å². The first kappa shape index (κ1) is 25.5. The highest BCUT2D eigenvalue weighted by molar-refractivity contribution is 5.87. The maximum atomic E-state index is 13.3. The van der Waals surface area contributed by atoms with Crippen molar-refractivity contribution in [2.45, 2.75) is 57.8 Å². The highest BCUT2D eigenvalue weighted by Gasteiger charge is 2.38. The van der Waals surface area contributed by atoms with E-state index in [1.54, 1.807) is 0 Å². The molecule has 8 heteroatoms. The SMILES string of the molecule is CCCCC(C(=O)NCc1ccccc1)N(CC(F)(F)F)C(=O)CCCN1C=CC=CC1. The Bertz CT molecular complexity index is 778. The van der Waals surface area contributed by atoms with Gasteiger partial charge in [0.05, 0.1) is 0 Å². The molecule has 1 aromatic carbocycles. The Balaban J connectivity index is 2.06. The van der Waals surface area contributed by atoms with Crippen LogP contribution in [0.5, 0.6) is 0 Å². The van der Waals surface area contributed by atoms with Gasteiger partial charge in [0.15, 0.2) is 0 Å². The number of allylic oxidation sites excluding steroid dienone is 2. The lowest BCUT2D eigenvalue weighted by atomic mass is 10.1. The summed E-state index contributed by atoms with van der Waals surface area (Å²) in [7, 11) is 0. The van der Waals surface area contributed by atoms with E-state index in [4.69, 9.17) is 0 Å². The van der Waals surface area contributed by atoms with Gasteiger partial charge in [-0.25, -0.2) is 0 Å². The molecule has 0 spiro atoms. The minimum Gasteiger partial charge on any atom is -0.374 e. The van der Waals surface area contributed by atoms with Gasteiger partial charge < -0.3 is 15.1 Å². The number of carbonyl (C=O) groups is 2. The topological polar surface area (TPSA) is 52.7 Å². The lowest BCUT2D eigenvalue weighted by Gasteiger charge is -2.32. The van der Waals surface area contributed by atoms with E-state index in [0.717, 1.165) is 10.5 Å². The highest BCUT2D eigenvalue weighted by Crippen LogP contribution is 2.22. The van der Waals surface area contributed by atoms with E-state index in [-0.39, 0.29) is 19.4 Å². The predicted octanol–water partition coefficient (Wildman–Crippen LogP) is 4.42. The summed E-state index contributed by atoms with van der Waals surface area (Å²) in [4.78, 5) is 28.4. The van der Waals surface area contributed by atoms with Crippen LogP contribution >= 0.6 is 0 Å². The van der Waals surface area contributed by atoms with Crippen LogP contribution in [0.4, 0.5) is 13.2 Å². The van der Waals surface area contributed by atoms with Gasteiger partial charge in [-0.2, -0.15) is 13.2 Å². The van der Waals surface area contributed by atoms with E-state index in [1.165, 1.54) is 0 Å². The zero-order valence-corrected chi connectivity index (χ0v) is 18.5.